The average molecular weight is 313 g/mol. The van der Waals surface area contributed by atoms with Gasteiger partial charge in [-0.3, -0.25) is 4.79 Å². The van der Waals surface area contributed by atoms with E-state index in [4.69, 9.17) is 4.74 Å². The highest BCUT2D eigenvalue weighted by Crippen LogP contribution is 2.19. The molecule has 0 radical (unpaired) electrons. The number of methoxy groups -OCH3 is 1. The van der Waals surface area contributed by atoms with Crippen LogP contribution < -0.4 is 5.32 Å². The summed E-state index contributed by atoms with van der Waals surface area (Å²) in [6.45, 7) is 1.62. The first-order chi connectivity index (χ1) is 11.0. The molecule has 0 spiro atoms. The zero-order chi connectivity index (χ0) is 16.8. The molecule has 0 aliphatic carbocycles. The maximum absolute atomic E-state index is 13.4. The summed E-state index contributed by atoms with van der Waals surface area (Å²) in [5.41, 5.74) is 1.28. The fraction of sp³-hybridized carbons (Fsp3) is 0.111. The molecule has 0 atom stereocenters. The third-order valence-corrected chi connectivity index (χ3v) is 3.30. The first-order valence-electron chi connectivity index (χ1n) is 6.94. The number of carbonyl (C=O) groups excluding carboxylic acids is 2. The van der Waals surface area contributed by atoms with Crippen LogP contribution in [-0.4, -0.2) is 19.0 Å². The van der Waals surface area contributed by atoms with Gasteiger partial charge in [-0.15, -0.1) is 0 Å². The van der Waals surface area contributed by atoms with Gasteiger partial charge in [0.1, 0.15) is 11.5 Å². The maximum atomic E-state index is 13.4. The molecule has 0 fully saturated rings. The number of carbonyl (C=O) groups is 2. The fourth-order valence-corrected chi connectivity index (χ4v) is 2.04. The monoisotopic (exact) mass is 313 g/mol. The van der Waals surface area contributed by atoms with Gasteiger partial charge in [-0.25, -0.2) is 9.18 Å². The van der Waals surface area contributed by atoms with E-state index < -0.39 is 17.7 Å². The Kier molecular flexibility index (Phi) is 5.25. The van der Waals surface area contributed by atoms with Gasteiger partial charge in [-0.05, 0) is 42.3 Å². The maximum Gasteiger partial charge on any atom is 0.354 e. The van der Waals surface area contributed by atoms with E-state index in [0.29, 0.717) is 16.7 Å². The minimum Gasteiger partial charge on any atom is -0.464 e. The summed E-state index contributed by atoms with van der Waals surface area (Å²) in [7, 11) is 1.22. The van der Waals surface area contributed by atoms with Crippen LogP contribution >= 0.6 is 0 Å². The minimum atomic E-state index is -0.698. The Morgan fingerprint density at radius 2 is 1.65 bits per heavy atom. The van der Waals surface area contributed by atoms with Crippen molar-refractivity contribution in [2.45, 2.75) is 6.92 Å². The highest BCUT2D eigenvalue weighted by molar-refractivity contribution is 6.05. The molecule has 1 N–H and O–H groups in total. The lowest BCUT2D eigenvalue weighted by Crippen LogP contribution is -2.29. The van der Waals surface area contributed by atoms with E-state index in [1.54, 1.807) is 43.3 Å². The van der Waals surface area contributed by atoms with Crippen LogP contribution in [0.4, 0.5) is 4.39 Å². The number of hydrogen-bond donors (Lipinski definition) is 1. The Bertz CT molecular complexity index is 754. The van der Waals surface area contributed by atoms with Gasteiger partial charge < -0.3 is 10.1 Å². The second-order valence-corrected chi connectivity index (χ2v) is 4.82. The summed E-state index contributed by atoms with van der Waals surface area (Å²) >= 11 is 0. The topological polar surface area (TPSA) is 55.4 Å². The van der Waals surface area contributed by atoms with E-state index in [-0.39, 0.29) is 5.70 Å². The van der Waals surface area contributed by atoms with Gasteiger partial charge in [-0.2, -0.15) is 0 Å². The van der Waals surface area contributed by atoms with Crippen molar-refractivity contribution in [1.29, 1.82) is 0 Å². The number of benzene rings is 2. The number of allylic oxidation sites excluding steroid dienone is 1. The summed E-state index contributed by atoms with van der Waals surface area (Å²) in [6.07, 6.45) is 0. The summed E-state index contributed by atoms with van der Waals surface area (Å²) in [4.78, 5) is 24.2. The predicted octanol–water partition coefficient (Wildman–Crippen LogP) is 3.16. The van der Waals surface area contributed by atoms with Crippen molar-refractivity contribution < 1.29 is 18.7 Å². The molecule has 0 aliphatic heterocycles. The molecule has 0 aliphatic rings. The van der Waals surface area contributed by atoms with Crippen LogP contribution in [0.3, 0.4) is 0 Å². The van der Waals surface area contributed by atoms with Crippen molar-refractivity contribution >= 4 is 17.4 Å². The Balaban J connectivity index is 2.39. The second kappa shape index (κ2) is 7.35. The number of amides is 1. The minimum absolute atomic E-state index is 0.0213. The van der Waals surface area contributed by atoms with Crippen LogP contribution in [0.5, 0.6) is 0 Å². The molecule has 4 nitrogen and oxygen atoms in total. The van der Waals surface area contributed by atoms with Crippen LogP contribution in [-0.2, 0) is 9.53 Å². The SMILES string of the molecule is COC(=O)/C(NC(=O)c1ccccc1)=C(\C)c1cccc(F)c1. The molecular weight excluding hydrogens is 297 g/mol. The van der Waals surface area contributed by atoms with Gasteiger partial charge in [0.15, 0.2) is 0 Å². The zero-order valence-corrected chi connectivity index (χ0v) is 12.8. The molecule has 1 amide bonds. The zero-order valence-electron chi connectivity index (χ0n) is 12.8. The quantitative estimate of drug-likeness (QED) is 0.697. The normalized spacial score (nSPS) is 11.4. The van der Waals surface area contributed by atoms with Crippen molar-refractivity contribution in [1.82, 2.24) is 5.32 Å². The van der Waals surface area contributed by atoms with E-state index in [9.17, 15) is 14.0 Å². The van der Waals surface area contributed by atoms with E-state index in [1.165, 1.54) is 25.3 Å². The van der Waals surface area contributed by atoms with Crippen molar-refractivity contribution in [3.8, 4) is 0 Å². The number of ether oxygens (including phenoxy) is 1. The highest BCUT2D eigenvalue weighted by Gasteiger charge is 2.18. The molecule has 2 aromatic rings. The number of nitrogens with one attached hydrogen (secondary N) is 1. The van der Waals surface area contributed by atoms with Crippen molar-refractivity contribution in [2.75, 3.05) is 7.11 Å². The van der Waals surface area contributed by atoms with E-state index in [2.05, 4.69) is 5.32 Å². The molecule has 23 heavy (non-hydrogen) atoms. The number of hydrogen-bond acceptors (Lipinski definition) is 3. The van der Waals surface area contributed by atoms with Gasteiger partial charge in [0.05, 0.1) is 7.11 Å². The molecular formula is C18H16FNO3. The van der Waals surface area contributed by atoms with Gasteiger partial charge in [0, 0.05) is 5.56 Å². The van der Waals surface area contributed by atoms with Crippen molar-refractivity contribution in [3.05, 3.63) is 77.2 Å². The van der Waals surface area contributed by atoms with Crippen molar-refractivity contribution in [3.63, 3.8) is 0 Å². The van der Waals surface area contributed by atoms with Gasteiger partial charge in [0.25, 0.3) is 5.91 Å². The third kappa shape index (κ3) is 4.03. The van der Waals surface area contributed by atoms with Crippen LogP contribution in [0, 0.1) is 5.82 Å². The second-order valence-electron chi connectivity index (χ2n) is 4.82. The molecule has 5 heteroatoms. The van der Waals surface area contributed by atoms with Gasteiger partial charge in [0.2, 0.25) is 0 Å². The Morgan fingerprint density at radius 3 is 2.26 bits per heavy atom. The van der Waals surface area contributed by atoms with E-state index in [1.807, 2.05) is 0 Å². The predicted molar refractivity (Wildman–Crippen MR) is 84.9 cm³/mol. The van der Waals surface area contributed by atoms with E-state index >= 15 is 0 Å². The van der Waals surface area contributed by atoms with Crippen LogP contribution in [0.2, 0.25) is 0 Å². The number of esters is 1. The van der Waals surface area contributed by atoms with Gasteiger partial charge in [-0.1, -0.05) is 30.3 Å². The highest BCUT2D eigenvalue weighted by atomic mass is 19.1. The summed E-state index contributed by atoms with van der Waals surface area (Å²) in [5.74, 6) is -1.57. The first kappa shape index (κ1) is 16.4. The number of rotatable bonds is 4. The Labute approximate surface area is 133 Å². The Morgan fingerprint density at radius 1 is 1.00 bits per heavy atom. The largest absolute Gasteiger partial charge is 0.464 e. The molecule has 118 valence electrons. The molecule has 0 aromatic heterocycles. The smallest absolute Gasteiger partial charge is 0.354 e. The molecule has 0 saturated carbocycles. The first-order valence-corrected chi connectivity index (χ1v) is 6.94. The Hall–Kier alpha value is -2.95. The van der Waals surface area contributed by atoms with Gasteiger partial charge >= 0.3 is 5.97 Å². The van der Waals surface area contributed by atoms with Crippen molar-refractivity contribution in [2.24, 2.45) is 0 Å². The fourth-order valence-electron chi connectivity index (χ4n) is 2.04. The molecule has 0 heterocycles. The molecule has 2 rings (SSSR count). The molecule has 0 unspecified atom stereocenters. The molecule has 0 bridgehead atoms. The third-order valence-electron chi connectivity index (χ3n) is 3.30. The molecule has 2 aromatic carbocycles. The lowest BCUT2D eigenvalue weighted by molar-refractivity contribution is -0.136. The number of halogens is 1. The summed E-state index contributed by atoms with van der Waals surface area (Å²) in [6, 6.07) is 14.2. The molecule has 0 saturated heterocycles. The van der Waals surface area contributed by atoms with E-state index in [0.717, 1.165) is 0 Å². The van der Waals surface area contributed by atoms with Crippen LogP contribution in [0.1, 0.15) is 22.8 Å². The standard InChI is InChI=1S/C18H16FNO3/c1-12(14-9-6-10-15(19)11-14)16(18(22)23-2)20-17(21)13-7-4-3-5-8-13/h3-11H,1-2H3,(H,20,21)/b16-12-. The average Bonchev–Trinajstić information content (AvgIpc) is 2.59. The summed E-state index contributed by atoms with van der Waals surface area (Å²) in [5, 5.41) is 2.55. The van der Waals surface area contributed by atoms with Crippen LogP contribution in [0.15, 0.2) is 60.3 Å². The van der Waals surface area contributed by atoms with Crippen LogP contribution in [0.25, 0.3) is 5.57 Å². The lowest BCUT2D eigenvalue weighted by Gasteiger charge is -2.12. The lowest BCUT2D eigenvalue weighted by atomic mass is 10.0. The summed E-state index contributed by atoms with van der Waals surface area (Å²) < 4.78 is 18.1.